The summed E-state index contributed by atoms with van der Waals surface area (Å²) in [5, 5.41) is 3.10. The van der Waals surface area contributed by atoms with Gasteiger partial charge in [0.15, 0.2) is 0 Å². The Morgan fingerprint density at radius 1 is 1.26 bits per heavy atom. The summed E-state index contributed by atoms with van der Waals surface area (Å²) in [6.45, 7) is -2.90. The van der Waals surface area contributed by atoms with Crippen LogP contribution in [0.3, 0.4) is 0 Å². The summed E-state index contributed by atoms with van der Waals surface area (Å²) in [6, 6.07) is 6.28. The van der Waals surface area contributed by atoms with E-state index in [9.17, 15) is 13.6 Å². The lowest BCUT2D eigenvalue weighted by Gasteiger charge is -2.45. The van der Waals surface area contributed by atoms with Gasteiger partial charge >= 0.3 is 6.61 Å². The van der Waals surface area contributed by atoms with Crippen molar-refractivity contribution in [2.24, 2.45) is 17.6 Å². The Morgan fingerprint density at radius 2 is 1.96 bits per heavy atom. The fourth-order valence-corrected chi connectivity index (χ4v) is 4.07. The Bertz CT molecular complexity index is 553. The Balaban J connectivity index is 1.69. The Morgan fingerprint density at radius 3 is 2.61 bits per heavy atom. The number of rotatable bonds is 4. The van der Waals surface area contributed by atoms with Crippen molar-refractivity contribution in [2.75, 3.05) is 0 Å². The Labute approximate surface area is 134 Å². The normalized spacial score (nSPS) is 30.1. The molecule has 1 aromatic carbocycles. The third-order valence-electron chi connectivity index (χ3n) is 5.00. The highest BCUT2D eigenvalue weighted by Crippen LogP contribution is 2.39. The van der Waals surface area contributed by atoms with Gasteiger partial charge in [-0.1, -0.05) is 12.5 Å². The lowest BCUT2D eigenvalue weighted by atomic mass is 9.67. The maximum atomic E-state index is 12.5. The van der Waals surface area contributed by atoms with Crippen molar-refractivity contribution in [3.63, 3.8) is 0 Å². The molecule has 4 nitrogen and oxygen atoms in total. The van der Waals surface area contributed by atoms with Gasteiger partial charge in [-0.2, -0.15) is 8.78 Å². The molecule has 126 valence electrons. The van der Waals surface area contributed by atoms with E-state index in [2.05, 4.69) is 10.1 Å². The van der Waals surface area contributed by atoms with E-state index in [1.165, 1.54) is 18.6 Å². The van der Waals surface area contributed by atoms with E-state index in [0.717, 1.165) is 25.7 Å². The molecule has 3 rings (SSSR count). The summed E-state index contributed by atoms with van der Waals surface area (Å²) in [7, 11) is 0. The van der Waals surface area contributed by atoms with Crippen LogP contribution in [0.2, 0.25) is 0 Å². The average molecular weight is 324 g/mol. The molecule has 1 amide bonds. The number of carbonyl (C=O) groups is 1. The van der Waals surface area contributed by atoms with Crippen LogP contribution < -0.4 is 15.8 Å². The van der Waals surface area contributed by atoms with E-state index in [-0.39, 0.29) is 23.7 Å². The van der Waals surface area contributed by atoms with Crippen molar-refractivity contribution in [1.82, 2.24) is 5.32 Å². The summed E-state index contributed by atoms with van der Waals surface area (Å²) in [4.78, 5) is 12.5. The predicted molar refractivity (Wildman–Crippen MR) is 82.4 cm³/mol. The minimum atomic E-state index is -2.90. The van der Waals surface area contributed by atoms with Gasteiger partial charge in [0, 0.05) is 17.6 Å². The maximum Gasteiger partial charge on any atom is 0.387 e. The quantitative estimate of drug-likeness (QED) is 0.895. The summed E-state index contributed by atoms with van der Waals surface area (Å²) >= 11 is 0. The summed E-state index contributed by atoms with van der Waals surface area (Å²) in [5.74, 6) is 0.601. The van der Waals surface area contributed by atoms with Gasteiger partial charge in [0.1, 0.15) is 5.75 Å². The van der Waals surface area contributed by atoms with Crippen LogP contribution in [-0.4, -0.2) is 24.6 Å². The Hall–Kier alpha value is -1.69. The third-order valence-corrected chi connectivity index (χ3v) is 5.00. The number of hydrogen-bond donors (Lipinski definition) is 2. The summed E-state index contributed by atoms with van der Waals surface area (Å²) < 4.78 is 28.9. The summed E-state index contributed by atoms with van der Waals surface area (Å²) in [5.41, 5.74) is 6.44. The Kier molecular flexibility index (Phi) is 4.80. The van der Waals surface area contributed by atoms with Crippen molar-refractivity contribution in [3.8, 4) is 5.75 Å². The van der Waals surface area contributed by atoms with Crippen LogP contribution >= 0.6 is 0 Å². The van der Waals surface area contributed by atoms with Crippen molar-refractivity contribution < 1.29 is 18.3 Å². The van der Waals surface area contributed by atoms with Crippen molar-refractivity contribution in [1.29, 1.82) is 0 Å². The van der Waals surface area contributed by atoms with Crippen LogP contribution in [-0.2, 0) is 0 Å². The first-order valence-corrected chi connectivity index (χ1v) is 8.14. The molecule has 2 atom stereocenters. The first-order valence-electron chi connectivity index (χ1n) is 8.14. The molecule has 0 spiro atoms. The molecule has 2 aliphatic rings. The fraction of sp³-hybridized carbons (Fsp3) is 0.588. The zero-order valence-corrected chi connectivity index (χ0v) is 12.9. The zero-order valence-electron chi connectivity index (χ0n) is 12.9. The molecule has 2 aliphatic carbocycles. The molecule has 2 bridgehead atoms. The fourth-order valence-electron chi connectivity index (χ4n) is 4.07. The predicted octanol–water partition coefficient (Wildman–Crippen LogP) is 2.92. The number of benzene rings is 1. The van der Waals surface area contributed by atoms with Crippen LogP contribution in [0, 0.1) is 11.8 Å². The molecular weight excluding hydrogens is 302 g/mol. The van der Waals surface area contributed by atoms with Crippen LogP contribution in [0.1, 0.15) is 42.5 Å². The van der Waals surface area contributed by atoms with Crippen LogP contribution in [0.25, 0.3) is 0 Å². The van der Waals surface area contributed by atoms with Gasteiger partial charge in [0.2, 0.25) is 0 Å². The van der Waals surface area contributed by atoms with E-state index in [0.29, 0.717) is 17.4 Å². The molecule has 0 radical (unpaired) electrons. The van der Waals surface area contributed by atoms with Crippen LogP contribution in [0.15, 0.2) is 24.3 Å². The van der Waals surface area contributed by atoms with Gasteiger partial charge in [0.25, 0.3) is 5.91 Å². The van der Waals surface area contributed by atoms with Crippen molar-refractivity contribution in [2.45, 2.75) is 50.8 Å². The second kappa shape index (κ2) is 6.83. The van der Waals surface area contributed by atoms with Gasteiger partial charge in [0.05, 0.1) is 0 Å². The van der Waals surface area contributed by atoms with E-state index in [1.54, 1.807) is 12.1 Å². The molecule has 3 N–H and O–H groups in total. The zero-order chi connectivity index (χ0) is 16.4. The van der Waals surface area contributed by atoms with Crippen LogP contribution in [0.5, 0.6) is 5.75 Å². The lowest BCUT2D eigenvalue weighted by Crippen LogP contribution is -2.53. The molecule has 1 aromatic rings. The highest BCUT2D eigenvalue weighted by Gasteiger charge is 2.39. The molecule has 0 aromatic heterocycles. The molecule has 0 saturated heterocycles. The second-order valence-electron chi connectivity index (χ2n) is 6.59. The average Bonchev–Trinajstić information content (AvgIpc) is 2.47. The number of carbonyl (C=O) groups excluding carboxylic acids is 1. The second-order valence-corrected chi connectivity index (χ2v) is 6.59. The number of nitrogens with one attached hydrogen (secondary N) is 1. The molecule has 0 aliphatic heterocycles. The number of alkyl halides is 2. The van der Waals surface area contributed by atoms with E-state index in [1.807, 2.05) is 0 Å². The largest absolute Gasteiger partial charge is 0.435 e. The highest BCUT2D eigenvalue weighted by atomic mass is 19.3. The number of ether oxygens (including phenoxy) is 1. The number of nitrogens with two attached hydrogens (primary N) is 1. The first kappa shape index (κ1) is 16.2. The molecule has 2 unspecified atom stereocenters. The monoisotopic (exact) mass is 324 g/mol. The molecular formula is C17H22F2N2O2. The number of halogens is 2. The molecule has 2 fully saturated rings. The van der Waals surface area contributed by atoms with Gasteiger partial charge < -0.3 is 15.8 Å². The number of fused-ring (bicyclic) bond motifs is 2. The van der Waals surface area contributed by atoms with Gasteiger partial charge in [-0.15, -0.1) is 0 Å². The van der Waals surface area contributed by atoms with E-state index >= 15 is 0 Å². The van der Waals surface area contributed by atoms with Crippen molar-refractivity contribution in [3.05, 3.63) is 29.8 Å². The minimum absolute atomic E-state index is 0.00138. The van der Waals surface area contributed by atoms with Gasteiger partial charge in [-0.05, 0) is 55.7 Å². The van der Waals surface area contributed by atoms with Gasteiger partial charge in [-0.3, -0.25) is 4.79 Å². The molecule has 2 saturated carbocycles. The van der Waals surface area contributed by atoms with Gasteiger partial charge in [-0.25, -0.2) is 0 Å². The smallest absolute Gasteiger partial charge is 0.387 e. The van der Waals surface area contributed by atoms with Crippen molar-refractivity contribution >= 4 is 5.91 Å². The number of amides is 1. The third kappa shape index (κ3) is 3.80. The standard InChI is InChI=1S/C17H22F2N2O2/c18-17(19)23-14-6-2-5-12(9-14)16(22)21-15-10-3-1-4-11(15)8-13(20)7-10/h2,5-6,9-11,13,15,17H,1,3-4,7-8,20H2,(H,21,22). The van der Waals surface area contributed by atoms with E-state index in [4.69, 9.17) is 5.73 Å². The molecule has 23 heavy (non-hydrogen) atoms. The molecule has 0 heterocycles. The minimum Gasteiger partial charge on any atom is -0.435 e. The maximum absolute atomic E-state index is 12.5. The molecule has 6 heteroatoms. The highest BCUT2D eigenvalue weighted by molar-refractivity contribution is 5.94. The lowest BCUT2D eigenvalue weighted by molar-refractivity contribution is -0.0498. The summed E-state index contributed by atoms with van der Waals surface area (Å²) in [6.07, 6.45) is 5.24. The SMILES string of the molecule is NC1CC2CCCC(C1)C2NC(=O)c1cccc(OC(F)F)c1. The van der Waals surface area contributed by atoms with Crippen LogP contribution in [0.4, 0.5) is 8.78 Å². The number of hydrogen-bond acceptors (Lipinski definition) is 3. The first-order chi connectivity index (χ1) is 11.0. The van der Waals surface area contributed by atoms with E-state index < -0.39 is 6.61 Å². The topological polar surface area (TPSA) is 64.3 Å².